The molecule has 2 aliphatic heterocycles. The van der Waals surface area contributed by atoms with Crippen molar-refractivity contribution in [1.82, 2.24) is 4.90 Å². The topological polar surface area (TPSA) is 6.48 Å². The molecule has 3 heteroatoms. The molecule has 1 aromatic carbocycles. The Morgan fingerprint density at radius 2 is 2.20 bits per heavy atom. The fourth-order valence-corrected chi connectivity index (χ4v) is 2.90. The zero-order valence-corrected chi connectivity index (χ0v) is 9.67. The minimum absolute atomic E-state index is 0.664. The van der Waals surface area contributed by atoms with Gasteiger partial charge < -0.3 is 9.80 Å². The lowest BCUT2D eigenvalue weighted by Gasteiger charge is -2.37. The van der Waals surface area contributed by atoms with Crippen LogP contribution in [0.3, 0.4) is 0 Å². The van der Waals surface area contributed by atoms with E-state index in [2.05, 4.69) is 29.0 Å². The number of hydrogen-bond donors (Lipinski definition) is 0. The first-order valence-corrected chi connectivity index (χ1v) is 5.85. The van der Waals surface area contributed by atoms with Crippen LogP contribution in [0.5, 0.6) is 0 Å². The first kappa shape index (κ1) is 9.49. The van der Waals surface area contributed by atoms with Crippen molar-refractivity contribution >= 4 is 17.3 Å². The summed E-state index contributed by atoms with van der Waals surface area (Å²) in [5.41, 5.74) is 2.82. The van der Waals surface area contributed by atoms with Gasteiger partial charge in [0.25, 0.3) is 0 Å². The second-order valence-electron chi connectivity index (χ2n) is 4.59. The molecule has 2 heterocycles. The molecular formula is C12H15ClN2. The fraction of sp³-hybridized carbons (Fsp3) is 0.500. The summed E-state index contributed by atoms with van der Waals surface area (Å²) < 4.78 is 0. The van der Waals surface area contributed by atoms with Crippen LogP contribution >= 0.6 is 11.6 Å². The lowest BCUT2D eigenvalue weighted by molar-refractivity contribution is 0.273. The number of hydrogen-bond acceptors (Lipinski definition) is 2. The van der Waals surface area contributed by atoms with Gasteiger partial charge in [-0.15, -0.1) is 0 Å². The Morgan fingerprint density at radius 1 is 1.33 bits per heavy atom. The zero-order valence-electron chi connectivity index (χ0n) is 8.91. The first-order valence-electron chi connectivity index (χ1n) is 5.47. The maximum absolute atomic E-state index is 6.05. The van der Waals surface area contributed by atoms with Crippen LogP contribution in [-0.4, -0.2) is 37.6 Å². The van der Waals surface area contributed by atoms with Crippen molar-refractivity contribution in [2.24, 2.45) is 0 Å². The highest BCUT2D eigenvalue weighted by Gasteiger charge is 2.32. The van der Waals surface area contributed by atoms with Crippen molar-refractivity contribution in [3.8, 4) is 0 Å². The van der Waals surface area contributed by atoms with Gasteiger partial charge in [-0.2, -0.15) is 0 Å². The molecule has 1 saturated heterocycles. The van der Waals surface area contributed by atoms with Crippen molar-refractivity contribution in [3.63, 3.8) is 0 Å². The molecule has 3 rings (SSSR count). The molecule has 1 atom stereocenters. The number of halogens is 1. The summed E-state index contributed by atoms with van der Waals surface area (Å²) in [4.78, 5) is 4.93. The van der Waals surface area contributed by atoms with E-state index in [0.717, 1.165) is 18.1 Å². The predicted molar refractivity (Wildman–Crippen MR) is 63.8 cm³/mol. The maximum atomic E-state index is 6.05. The van der Waals surface area contributed by atoms with Gasteiger partial charge in [-0.3, -0.25) is 0 Å². The second-order valence-corrected chi connectivity index (χ2v) is 5.02. The second kappa shape index (κ2) is 3.39. The summed E-state index contributed by atoms with van der Waals surface area (Å²) in [6, 6.07) is 6.96. The van der Waals surface area contributed by atoms with E-state index in [1.807, 2.05) is 6.07 Å². The average molecular weight is 223 g/mol. The van der Waals surface area contributed by atoms with Crippen LogP contribution in [-0.2, 0) is 6.42 Å². The SMILES string of the molecule is CN1CCN2c3cc(Cl)ccc3CC2C1. The van der Waals surface area contributed by atoms with Gasteiger partial charge in [0.05, 0.1) is 0 Å². The van der Waals surface area contributed by atoms with E-state index in [9.17, 15) is 0 Å². The fourth-order valence-electron chi connectivity index (χ4n) is 2.73. The lowest BCUT2D eigenvalue weighted by atomic mass is 10.1. The number of likely N-dealkylation sites (N-methyl/N-ethyl adjacent to an activating group) is 1. The normalized spacial score (nSPS) is 25.2. The van der Waals surface area contributed by atoms with Gasteiger partial charge in [0, 0.05) is 36.4 Å². The predicted octanol–water partition coefficient (Wildman–Crippen LogP) is 2.02. The zero-order chi connectivity index (χ0) is 10.4. The van der Waals surface area contributed by atoms with Crippen molar-refractivity contribution in [1.29, 1.82) is 0 Å². The van der Waals surface area contributed by atoms with Crippen LogP contribution in [0, 0.1) is 0 Å². The van der Waals surface area contributed by atoms with Crippen molar-refractivity contribution in [3.05, 3.63) is 28.8 Å². The highest BCUT2D eigenvalue weighted by atomic mass is 35.5. The minimum atomic E-state index is 0.664. The summed E-state index contributed by atoms with van der Waals surface area (Å²) in [5.74, 6) is 0. The van der Waals surface area contributed by atoms with Gasteiger partial charge in [-0.1, -0.05) is 17.7 Å². The van der Waals surface area contributed by atoms with E-state index in [4.69, 9.17) is 11.6 Å². The van der Waals surface area contributed by atoms with Crippen LogP contribution < -0.4 is 4.90 Å². The van der Waals surface area contributed by atoms with E-state index in [1.54, 1.807) is 0 Å². The highest BCUT2D eigenvalue weighted by Crippen LogP contribution is 2.35. The summed E-state index contributed by atoms with van der Waals surface area (Å²) >= 11 is 6.05. The Bertz CT molecular complexity index is 391. The van der Waals surface area contributed by atoms with Crippen molar-refractivity contribution in [2.75, 3.05) is 31.6 Å². The number of anilines is 1. The smallest absolute Gasteiger partial charge is 0.0458 e. The van der Waals surface area contributed by atoms with E-state index in [1.165, 1.54) is 24.2 Å². The van der Waals surface area contributed by atoms with Crippen molar-refractivity contribution < 1.29 is 0 Å². The molecular weight excluding hydrogens is 208 g/mol. The van der Waals surface area contributed by atoms with E-state index in [0.29, 0.717) is 6.04 Å². The first-order chi connectivity index (χ1) is 7.24. The van der Waals surface area contributed by atoms with Crippen LogP contribution in [0.15, 0.2) is 18.2 Å². The molecule has 80 valence electrons. The van der Waals surface area contributed by atoms with Gasteiger partial charge in [-0.25, -0.2) is 0 Å². The standard InChI is InChI=1S/C12H15ClN2/c1-14-4-5-15-11(8-14)6-9-2-3-10(13)7-12(9)15/h2-3,7,11H,4-6,8H2,1H3. The van der Waals surface area contributed by atoms with Gasteiger partial charge >= 0.3 is 0 Å². The Hall–Kier alpha value is -0.730. The van der Waals surface area contributed by atoms with Crippen LogP contribution in [0.25, 0.3) is 0 Å². The molecule has 0 N–H and O–H groups in total. The summed E-state index contributed by atoms with van der Waals surface area (Å²) in [6.45, 7) is 3.46. The van der Waals surface area contributed by atoms with Gasteiger partial charge in [-0.05, 0) is 31.2 Å². The van der Waals surface area contributed by atoms with E-state index < -0.39 is 0 Å². The molecule has 0 aliphatic carbocycles. The van der Waals surface area contributed by atoms with Gasteiger partial charge in [0.1, 0.15) is 0 Å². The third kappa shape index (κ3) is 1.52. The van der Waals surface area contributed by atoms with Crippen LogP contribution in [0.2, 0.25) is 5.02 Å². The molecule has 0 spiro atoms. The summed E-state index contributed by atoms with van der Waals surface area (Å²) in [5, 5.41) is 0.855. The molecule has 1 aromatic rings. The average Bonchev–Trinajstić information content (AvgIpc) is 2.54. The number of piperazine rings is 1. The maximum Gasteiger partial charge on any atom is 0.0458 e. The number of fused-ring (bicyclic) bond motifs is 3. The molecule has 1 unspecified atom stereocenters. The Morgan fingerprint density at radius 3 is 3.07 bits per heavy atom. The largest absolute Gasteiger partial charge is 0.365 e. The quantitative estimate of drug-likeness (QED) is 0.663. The molecule has 2 aliphatic rings. The highest BCUT2D eigenvalue weighted by molar-refractivity contribution is 6.30. The molecule has 1 fully saturated rings. The molecule has 2 nitrogen and oxygen atoms in total. The molecule has 0 radical (unpaired) electrons. The Labute approximate surface area is 95.4 Å². The van der Waals surface area contributed by atoms with Crippen LogP contribution in [0.4, 0.5) is 5.69 Å². The third-order valence-electron chi connectivity index (χ3n) is 3.50. The lowest BCUT2D eigenvalue weighted by Crippen LogP contribution is -2.50. The van der Waals surface area contributed by atoms with Crippen LogP contribution in [0.1, 0.15) is 5.56 Å². The van der Waals surface area contributed by atoms with Gasteiger partial charge in [0.15, 0.2) is 0 Å². The third-order valence-corrected chi connectivity index (χ3v) is 3.73. The number of benzene rings is 1. The monoisotopic (exact) mass is 222 g/mol. The Balaban J connectivity index is 1.96. The van der Waals surface area contributed by atoms with Crippen molar-refractivity contribution in [2.45, 2.75) is 12.5 Å². The van der Waals surface area contributed by atoms with E-state index in [-0.39, 0.29) is 0 Å². The molecule has 0 amide bonds. The Kier molecular flexibility index (Phi) is 2.15. The molecule has 0 saturated carbocycles. The minimum Gasteiger partial charge on any atom is -0.365 e. The summed E-state index contributed by atoms with van der Waals surface area (Å²) in [7, 11) is 2.20. The van der Waals surface area contributed by atoms with Gasteiger partial charge in [0.2, 0.25) is 0 Å². The molecule has 0 bridgehead atoms. The molecule has 15 heavy (non-hydrogen) atoms. The molecule has 0 aromatic heterocycles. The number of rotatable bonds is 0. The van der Waals surface area contributed by atoms with E-state index >= 15 is 0 Å². The summed E-state index contributed by atoms with van der Waals surface area (Å²) in [6.07, 6.45) is 1.18. The number of nitrogens with zero attached hydrogens (tertiary/aromatic N) is 2.